The number of rotatable bonds is 7. The Balaban J connectivity index is 1.83. The number of hydrogen-bond acceptors (Lipinski definition) is 4. The van der Waals surface area contributed by atoms with Crippen molar-refractivity contribution in [2.75, 3.05) is 25.2 Å². The summed E-state index contributed by atoms with van der Waals surface area (Å²) in [5.41, 5.74) is 3.16. The number of aryl methyl sites for hydroxylation is 1. The van der Waals surface area contributed by atoms with Gasteiger partial charge in [-0.25, -0.2) is 9.37 Å². The Morgan fingerprint density at radius 1 is 1.03 bits per heavy atom. The van der Waals surface area contributed by atoms with Gasteiger partial charge in [-0.15, -0.1) is 0 Å². The van der Waals surface area contributed by atoms with Gasteiger partial charge in [0, 0.05) is 25.0 Å². The molecule has 1 aromatic heterocycles. The van der Waals surface area contributed by atoms with Gasteiger partial charge in [0.25, 0.3) is 5.56 Å². The van der Waals surface area contributed by atoms with Crippen molar-refractivity contribution in [3.05, 3.63) is 100 Å². The fraction of sp³-hybridized carbons (Fsp3) is 0.231. The van der Waals surface area contributed by atoms with Crippen LogP contribution in [-0.4, -0.2) is 29.8 Å². The Hall–Kier alpha value is -3.51. The number of benzene rings is 3. The monoisotopic (exact) mass is 431 g/mol. The summed E-state index contributed by atoms with van der Waals surface area (Å²) in [6, 6.07) is 21.4. The van der Waals surface area contributed by atoms with Crippen LogP contribution in [0.5, 0.6) is 0 Å². The first-order chi connectivity index (χ1) is 15.5. The molecule has 0 aliphatic carbocycles. The molecule has 6 heteroatoms. The van der Waals surface area contributed by atoms with E-state index in [9.17, 15) is 9.18 Å². The lowest BCUT2D eigenvalue weighted by atomic mass is 10.1. The molecule has 0 saturated carbocycles. The van der Waals surface area contributed by atoms with E-state index in [-0.39, 0.29) is 17.4 Å². The number of halogens is 1. The van der Waals surface area contributed by atoms with Gasteiger partial charge in [-0.3, -0.25) is 9.36 Å². The van der Waals surface area contributed by atoms with E-state index in [0.29, 0.717) is 29.9 Å². The van der Waals surface area contributed by atoms with Crippen LogP contribution in [0.2, 0.25) is 0 Å². The predicted molar refractivity (Wildman–Crippen MR) is 126 cm³/mol. The Morgan fingerprint density at radius 3 is 2.41 bits per heavy atom. The molecule has 0 unspecified atom stereocenters. The molecule has 1 heterocycles. The first kappa shape index (κ1) is 21.7. The third-order valence-corrected chi connectivity index (χ3v) is 5.64. The maximum absolute atomic E-state index is 13.7. The molecule has 4 rings (SSSR count). The standard InChI is InChI=1S/C26H26FN3O2/c1-4-32-17-25(19-8-6-5-7-9-19)30-18(2)28-24-15-14-22(16-23(24)26(30)31)29(3)21-12-10-20(27)11-13-21/h5-16,25H,4,17H2,1-3H3/t25-/m0/s1. The summed E-state index contributed by atoms with van der Waals surface area (Å²) >= 11 is 0. The molecule has 1 atom stereocenters. The molecule has 0 bridgehead atoms. The Bertz CT molecular complexity index is 1270. The molecule has 3 aromatic carbocycles. The molecule has 0 aliphatic heterocycles. The molecule has 0 N–H and O–H groups in total. The number of nitrogens with zero attached hydrogens (tertiary/aromatic N) is 3. The lowest BCUT2D eigenvalue weighted by Crippen LogP contribution is -2.31. The highest BCUT2D eigenvalue weighted by molar-refractivity contribution is 5.83. The largest absolute Gasteiger partial charge is 0.379 e. The highest BCUT2D eigenvalue weighted by Gasteiger charge is 2.20. The topological polar surface area (TPSA) is 47.4 Å². The zero-order chi connectivity index (χ0) is 22.7. The van der Waals surface area contributed by atoms with Crippen LogP contribution in [0.3, 0.4) is 0 Å². The molecule has 164 valence electrons. The van der Waals surface area contributed by atoms with Gasteiger partial charge in [-0.2, -0.15) is 0 Å². The fourth-order valence-electron chi connectivity index (χ4n) is 3.91. The van der Waals surface area contributed by atoms with Crippen molar-refractivity contribution in [2.24, 2.45) is 0 Å². The highest BCUT2D eigenvalue weighted by Crippen LogP contribution is 2.27. The van der Waals surface area contributed by atoms with Gasteiger partial charge in [0.1, 0.15) is 11.6 Å². The molecular weight excluding hydrogens is 405 g/mol. The van der Waals surface area contributed by atoms with Gasteiger partial charge in [0.15, 0.2) is 0 Å². The lowest BCUT2D eigenvalue weighted by molar-refractivity contribution is 0.123. The predicted octanol–water partition coefficient (Wildman–Crippen LogP) is 5.24. The van der Waals surface area contributed by atoms with Crippen LogP contribution < -0.4 is 10.5 Å². The van der Waals surface area contributed by atoms with Gasteiger partial charge in [0.05, 0.1) is 23.6 Å². The molecule has 0 aliphatic rings. The summed E-state index contributed by atoms with van der Waals surface area (Å²) in [5.74, 6) is 0.347. The summed E-state index contributed by atoms with van der Waals surface area (Å²) in [6.45, 7) is 4.73. The first-order valence-electron chi connectivity index (χ1n) is 10.6. The minimum atomic E-state index is -0.288. The van der Waals surface area contributed by atoms with Gasteiger partial charge >= 0.3 is 0 Å². The Morgan fingerprint density at radius 2 is 1.72 bits per heavy atom. The van der Waals surface area contributed by atoms with Crippen molar-refractivity contribution in [1.82, 2.24) is 9.55 Å². The van der Waals surface area contributed by atoms with Crippen molar-refractivity contribution in [3.63, 3.8) is 0 Å². The van der Waals surface area contributed by atoms with Crippen LogP contribution >= 0.6 is 0 Å². The molecule has 0 radical (unpaired) electrons. The Kier molecular flexibility index (Phi) is 6.32. The van der Waals surface area contributed by atoms with Gasteiger partial charge in [-0.1, -0.05) is 30.3 Å². The third kappa shape index (κ3) is 4.27. The highest BCUT2D eigenvalue weighted by atomic mass is 19.1. The van der Waals surface area contributed by atoms with Crippen LogP contribution in [0.25, 0.3) is 10.9 Å². The second-order valence-electron chi connectivity index (χ2n) is 7.66. The first-order valence-corrected chi connectivity index (χ1v) is 10.6. The average Bonchev–Trinajstić information content (AvgIpc) is 2.81. The molecule has 5 nitrogen and oxygen atoms in total. The maximum atomic E-state index is 13.7. The van der Waals surface area contributed by atoms with Crippen LogP contribution in [0.15, 0.2) is 77.6 Å². The van der Waals surface area contributed by atoms with E-state index >= 15 is 0 Å². The number of anilines is 2. The molecule has 32 heavy (non-hydrogen) atoms. The zero-order valence-electron chi connectivity index (χ0n) is 18.5. The molecule has 4 aromatic rings. The second-order valence-corrected chi connectivity index (χ2v) is 7.66. The van der Waals surface area contributed by atoms with Crippen molar-refractivity contribution in [3.8, 4) is 0 Å². The fourth-order valence-corrected chi connectivity index (χ4v) is 3.91. The smallest absolute Gasteiger partial charge is 0.262 e. The number of hydrogen-bond donors (Lipinski definition) is 0. The third-order valence-electron chi connectivity index (χ3n) is 5.64. The van der Waals surface area contributed by atoms with Gasteiger partial charge in [0.2, 0.25) is 0 Å². The van der Waals surface area contributed by atoms with Crippen LogP contribution in [0.4, 0.5) is 15.8 Å². The van der Waals surface area contributed by atoms with E-state index in [1.54, 1.807) is 16.7 Å². The van der Waals surface area contributed by atoms with Crippen molar-refractivity contribution < 1.29 is 9.13 Å². The lowest BCUT2D eigenvalue weighted by Gasteiger charge is -2.23. The van der Waals surface area contributed by atoms with Gasteiger partial charge < -0.3 is 9.64 Å². The molecule has 0 spiro atoms. The second kappa shape index (κ2) is 9.32. The molecular formula is C26H26FN3O2. The molecule has 0 saturated heterocycles. The SMILES string of the molecule is CCOC[C@@H](c1ccccc1)n1c(C)nc2ccc(N(C)c3ccc(F)cc3)cc2c1=O. The van der Waals surface area contributed by atoms with Crippen molar-refractivity contribution in [2.45, 2.75) is 19.9 Å². The summed E-state index contributed by atoms with van der Waals surface area (Å²) in [4.78, 5) is 20.3. The number of fused-ring (bicyclic) bond motifs is 1. The molecule has 0 amide bonds. The van der Waals surface area contributed by atoms with Crippen LogP contribution in [0.1, 0.15) is 24.4 Å². The summed E-state index contributed by atoms with van der Waals surface area (Å²) in [6.07, 6.45) is 0. The summed E-state index contributed by atoms with van der Waals surface area (Å²) < 4.78 is 20.8. The quantitative estimate of drug-likeness (QED) is 0.402. The van der Waals surface area contributed by atoms with Crippen molar-refractivity contribution in [1.29, 1.82) is 0 Å². The minimum Gasteiger partial charge on any atom is -0.379 e. The zero-order valence-corrected chi connectivity index (χ0v) is 18.5. The number of aromatic nitrogens is 2. The normalized spacial score (nSPS) is 12.1. The van der Waals surface area contributed by atoms with E-state index < -0.39 is 0 Å². The van der Waals surface area contributed by atoms with E-state index in [0.717, 1.165) is 16.9 Å². The summed E-state index contributed by atoms with van der Waals surface area (Å²) in [7, 11) is 1.89. The van der Waals surface area contributed by atoms with E-state index in [2.05, 4.69) is 0 Å². The number of ether oxygens (including phenoxy) is 1. The van der Waals surface area contributed by atoms with Crippen LogP contribution in [-0.2, 0) is 4.74 Å². The van der Waals surface area contributed by atoms with E-state index in [4.69, 9.17) is 9.72 Å². The van der Waals surface area contributed by atoms with Crippen LogP contribution in [0, 0.1) is 12.7 Å². The maximum Gasteiger partial charge on any atom is 0.262 e. The average molecular weight is 432 g/mol. The van der Waals surface area contributed by atoms with Gasteiger partial charge in [-0.05, 0) is 61.9 Å². The van der Waals surface area contributed by atoms with Crippen molar-refractivity contribution >= 4 is 22.3 Å². The van der Waals surface area contributed by atoms with E-state index in [1.165, 1.54) is 12.1 Å². The van der Waals surface area contributed by atoms with E-state index in [1.807, 2.05) is 74.3 Å². The minimum absolute atomic E-state index is 0.115. The Labute approximate surface area is 186 Å². The summed E-state index contributed by atoms with van der Waals surface area (Å²) in [5, 5.41) is 0.527. The molecule has 0 fully saturated rings.